The molecular formula is C15H23N3O. The number of nitrogens with zero attached hydrogens (tertiary/aromatic N) is 1. The average Bonchev–Trinajstić information content (AvgIpc) is 2.53. The summed E-state index contributed by atoms with van der Waals surface area (Å²) < 4.78 is 5.70. The predicted octanol–water partition coefficient (Wildman–Crippen LogP) is 4.04. The zero-order valence-electron chi connectivity index (χ0n) is 12.4. The Labute approximate surface area is 114 Å². The maximum atomic E-state index is 5.74. The summed E-state index contributed by atoms with van der Waals surface area (Å²) >= 11 is 0. The van der Waals surface area contributed by atoms with Crippen molar-refractivity contribution < 1.29 is 4.42 Å². The Morgan fingerprint density at radius 3 is 2.53 bits per heavy atom. The SMILES string of the molecule is CC(C)(C)CC(C)(C)Nc1nc2cc(N)ccc2o1. The van der Waals surface area contributed by atoms with Crippen LogP contribution in [-0.4, -0.2) is 10.5 Å². The molecular weight excluding hydrogens is 238 g/mol. The highest BCUT2D eigenvalue weighted by Gasteiger charge is 2.26. The fourth-order valence-electron chi connectivity index (χ4n) is 2.66. The maximum Gasteiger partial charge on any atom is 0.296 e. The normalized spacial score (nSPS) is 12.9. The second-order valence-electron chi connectivity index (χ2n) is 6.99. The van der Waals surface area contributed by atoms with Crippen LogP contribution in [0.2, 0.25) is 0 Å². The minimum absolute atomic E-state index is 0.0787. The highest BCUT2D eigenvalue weighted by molar-refractivity contribution is 5.78. The minimum Gasteiger partial charge on any atom is -0.424 e. The fourth-order valence-corrected chi connectivity index (χ4v) is 2.66. The number of fused-ring (bicyclic) bond motifs is 1. The third-order valence-electron chi connectivity index (χ3n) is 2.83. The van der Waals surface area contributed by atoms with Gasteiger partial charge in [0.25, 0.3) is 6.01 Å². The van der Waals surface area contributed by atoms with Gasteiger partial charge < -0.3 is 15.5 Å². The third-order valence-corrected chi connectivity index (χ3v) is 2.83. The first kappa shape index (κ1) is 13.7. The van der Waals surface area contributed by atoms with Gasteiger partial charge >= 0.3 is 0 Å². The molecule has 0 unspecified atom stereocenters. The monoisotopic (exact) mass is 261 g/mol. The molecule has 3 N–H and O–H groups in total. The minimum atomic E-state index is -0.0787. The highest BCUT2D eigenvalue weighted by atomic mass is 16.4. The van der Waals surface area contributed by atoms with E-state index in [4.69, 9.17) is 10.2 Å². The molecule has 0 aliphatic heterocycles. The second-order valence-corrected chi connectivity index (χ2v) is 6.99. The molecule has 0 saturated carbocycles. The number of aromatic nitrogens is 1. The molecule has 4 nitrogen and oxygen atoms in total. The standard InChI is InChI=1S/C15H23N3O/c1-14(2,3)9-15(4,5)18-13-17-11-8-10(16)6-7-12(11)19-13/h6-8H,9,16H2,1-5H3,(H,17,18). The molecule has 0 radical (unpaired) electrons. The number of hydrogen-bond donors (Lipinski definition) is 2. The van der Waals surface area contributed by atoms with Crippen molar-refractivity contribution in [3.8, 4) is 0 Å². The van der Waals surface area contributed by atoms with Gasteiger partial charge in [0.15, 0.2) is 5.58 Å². The molecule has 4 heteroatoms. The lowest BCUT2D eigenvalue weighted by Crippen LogP contribution is -2.35. The van der Waals surface area contributed by atoms with Crippen LogP contribution in [0.4, 0.5) is 11.7 Å². The van der Waals surface area contributed by atoms with E-state index in [1.807, 2.05) is 18.2 Å². The van der Waals surface area contributed by atoms with Crippen LogP contribution in [0, 0.1) is 5.41 Å². The fraction of sp³-hybridized carbons (Fsp3) is 0.533. The van der Waals surface area contributed by atoms with E-state index in [1.165, 1.54) is 0 Å². The molecule has 2 rings (SSSR count). The Morgan fingerprint density at radius 1 is 1.21 bits per heavy atom. The molecule has 0 aliphatic rings. The van der Waals surface area contributed by atoms with E-state index in [2.05, 4.69) is 44.9 Å². The van der Waals surface area contributed by atoms with Crippen LogP contribution >= 0.6 is 0 Å². The largest absolute Gasteiger partial charge is 0.424 e. The number of benzene rings is 1. The lowest BCUT2D eigenvalue weighted by molar-refractivity contribution is 0.298. The highest BCUT2D eigenvalue weighted by Crippen LogP contribution is 2.30. The van der Waals surface area contributed by atoms with Crippen molar-refractivity contribution in [2.45, 2.75) is 46.6 Å². The number of anilines is 2. The summed E-state index contributed by atoms with van der Waals surface area (Å²) in [4.78, 5) is 4.43. The quantitative estimate of drug-likeness (QED) is 0.818. The number of rotatable bonds is 3. The molecule has 0 aliphatic carbocycles. The van der Waals surface area contributed by atoms with Crippen molar-refractivity contribution in [3.63, 3.8) is 0 Å². The Balaban J connectivity index is 2.21. The molecule has 2 aromatic rings. The van der Waals surface area contributed by atoms with Crippen LogP contribution in [0.5, 0.6) is 0 Å². The molecule has 0 bridgehead atoms. The van der Waals surface area contributed by atoms with Crippen molar-refractivity contribution in [1.82, 2.24) is 4.98 Å². The molecule has 1 heterocycles. The van der Waals surface area contributed by atoms with Gasteiger partial charge in [-0.2, -0.15) is 4.98 Å². The third kappa shape index (κ3) is 3.63. The van der Waals surface area contributed by atoms with Crippen LogP contribution in [0.3, 0.4) is 0 Å². The van der Waals surface area contributed by atoms with E-state index in [1.54, 1.807) is 0 Å². The average molecular weight is 261 g/mol. The van der Waals surface area contributed by atoms with Gasteiger partial charge in [0.2, 0.25) is 0 Å². The summed E-state index contributed by atoms with van der Waals surface area (Å²) in [6.45, 7) is 11.0. The predicted molar refractivity (Wildman–Crippen MR) is 80.2 cm³/mol. The van der Waals surface area contributed by atoms with Crippen molar-refractivity contribution >= 4 is 22.8 Å². The van der Waals surface area contributed by atoms with E-state index in [0.717, 1.165) is 17.5 Å². The summed E-state index contributed by atoms with van der Waals surface area (Å²) in [5, 5.41) is 3.37. The number of nitrogens with two attached hydrogens (primary N) is 1. The summed E-state index contributed by atoms with van der Waals surface area (Å²) in [5.41, 5.74) is 8.14. The van der Waals surface area contributed by atoms with Crippen LogP contribution in [0.15, 0.2) is 22.6 Å². The van der Waals surface area contributed by atoms with Crippen molar-refractivity contribution in [2.24, 2.45) is 5.41 Å². The molecule has 1 aromatic carbocycles. The van der Waals surface area contributed by atoms with E-state index in [9.17, 15) is 0 Å². The molecule has 19 heavy (non-hydrogen) atoms. The Bertz CT molecular complexity index is 579. The van der Waals surface area contributed by atoms with Gasteiger partial charge in [0.05, 0.1) is 0 Å². The van der Waals surface area contributed by atoms with Crippen molar-refractivity contribution in [1.29, 1.82) is 0 Å². The van der Waals surface area contributed by atoms with Crippen molar-refractivity contribution in [3.05, 3.63) is 18.2 Å². The molecule has 0 atom stereocenters. The van der Waals surface area contributed by atoms with E-state index < -0.39 is 0 Å². The topological polar surface area (TPSA) is 64.1 Å². The molecule has 0 saturated heterocycles. The van der Waals surface area contributed by atoms with Crippen LogP contribution in [-0.2, 0) is 0 Å². The van der Waals surface area contributed by atoms with Gasteiger partial charge in [-0.1, -0.05) is 20.8 Å². The molecule has 0 fully saturated rings. The summed E-state index contributed by atoms with van der Waals surface area (Å²) in [6.07, 6.45) is 1.01. The Kier molecular flexibility index (Phi) is 3.20. The van der Waals surface area contributed by atoms with Gasteiger partial charge in [0, 0.05) is 11.2 Å². The van der Waals surface area contributed by atoms with E-state index in [-0.39, 0.29) is 11.0 Å². The molecule has 0 amide bonds. The maximum absolute atomic E-state index is 5.74. The molecule has 104 valence electrons. The molecule has 1 aromatic heterocycles. The van der Waals surface area contributed by atoms with Gasteiger partial charge in [-0.15, -0.1) is 0 Å². The first-order valence-electron chi connectivity index (χ1n) is 6.59. The van der Waals surface area contributed by atoms with Gasteiger partial charge in [-0.3, -0.25) is 0 Å². The molecule has 0 spiro atoms. The lowest BCUT2D eigenvalue weighted by Gasteiger charge is -2.32. The lowest BCUT2D eigenvalue weighted by atomic mass is 9.82. The van der Waals surface area contributed by atoms with E-state index in [0.29, 0.717) is 11.7 Å². The second kappa shape index (κ2) is 4.44. The number of nitrogens with one attached hydrogen (secondary N) is 1. The summed E-state index contributed by atoms with van der Waals surface area (Å²) in [7, 11) is 0. The number of oxazole rings is 1. The first-order chi connectivity index (χ1) is 8.65. The number of hydrogen-bond acceptors (Lipinski definition) is 4. The van der Waals surface area contributed by atoms with Crippen molar-refractivity contribution in [2.75, 3.05) is 11.1 Å². The zero-order valence-corrected chi connectivity index (χ0v) is 12.4. The summed E-state index contributed by atoms with van der Waals surface area (Å²) in [6, 6.07) is 6.03. The first-order valence-corrected chi connectivity index (χ1v) is 6.59. The van der Waals surface area contributed by atoms with Gasteiger partial charge in [0.1, 0.15) is 5.52 Å². The summed E-state index contributed by atoms with van der Waals surface area (Å²) in [5.74, 6) is 0. The van der Waals surface area contributed by atoms with Gasteiger partial charge in [-0.25, -0.2) is 0 Å². The van der Waals surface area contributed by atoms with E-state index >= 15 is 0 Å². The number of nitrogen functional groups attached to an aromatic ring is 1. The van der Waals surface area contributed by atoms with Crippen LogP contribution in [0.25, 0.3) is 11.1 Å². The smallest absolute Gasteiger partial charge is 0.296 e. The Morgan fingerprint density at radius 2 is 1.89 bits per heavy atom. The van der Waals surface area contributed by atoms with Crippen LogP contribution in [0.1, 0.15) is 41.0 Å². The zero-order chi connectivity index (χ0) is 14.3. The van der Waals surface area contributed by atoms with Gasteiger partial charge in [-0.05, 0) is 43.9 Å². The van der Waals surface area contributed by atoms with Crippen LogP contribution < -0.4 is 11.1 Å². The Hall–Kier alpha value is -1.71.